The van der Waals surface area contributed by atoms with Crippen molar-refractivity contribution in [2.75, 3.05) is 19.5 Å². The largest absolute Gasteiger partial charge is 0.481 e. The zero-order valence-electron chi connectivity index (χ0n) is 9.88. The second-order valence-corrected chi connectivity index (χ2v) is 3.11. The van der Waals surface area contributed by atoms with Crippen molar-refractivity contribution in [3.63, 3.8) is 0 Å². The van der Waals surface area contributed by atoms with Crippen LogP contribution in [-0.2, 0) is 6.54 Å². The molecule has 0 aromatic carbocycles. The van der Waals surface area contributed by atoms with Crippen LogP contribution >= 0.6 is 0 Å². The Kier molecular flexibility index (Phi) is 3.53. The number of aromatic nitrogens is 4. The van der Waals surface area contributed by atoms with Gasteiger partial charge in [-0.2, -0.15) is 9.97 Å². The van der Waals surface area contributed by atoms with E-state index < -0.39 is 0 Å². The second kappa shape index (κ2) is 5.27. The van der Waals surface area contributed by atoms with E-state index in [0.29, 0.717) is 17.7 Å². The van der Waals surface area contributed by atoms with Crippen LogP contribution in [0.5, 0.6) is 11.8 Å². The second-order valence-electron chi connectivity index (χ2n) is 3.11. The highest BCUT2D eigenvalue weighted by Crippen LogP contribution is 2.19. The smallest absolute Gasteiger partial charge is 0.322 e. The maximum atomic E-state index is 5.35. The highest BCUT2D eigenvalue weighted by molar-refractivity contribution is 5.42. The van der Waals surface area contributed by atoms with Gasteiger partial charge >= 0.3 is 6.01 Å². The van der Waals surface area contributed by atoms with Crippen LogP contribution in [0.15, 0.2) is 10.5 Å². The predicted molar refractivity (Wildman–Crippen MR) is 60.6 cm³/mol. The van der Waals surface area contributed by atoms with Crippen molar-refractivity contribution in [2.45, 2.75) is 6.54 Å². The lowest BCUT2D eigenvalue weighted by molar-refractivity contribution is 0.373. The first-order chi connectivity index (χ1) is 8.75. The molecule has 0 amide bonds. The van der Waals surface area contributed by atoms with Gasteiger partial charge in [-0.25, -0.2) is 0 Å². The van der Waals surface area contributed by atoms with Gasteiger partial charge in [-0.05, 0) is 0 Å². The lowest BCUT2D eigenvalue weighted by Gasteiger charge is -2.05. The fourth-order valence-electron chi connectivity index (χ4n) is 1.15. The van der Waals surface area contributed by atoms with Crippen molar-refractivity contribution in [2.24, 2.45) is 5.73 Å². The summed E-state index contributed by atoms with van der Waals surface area (Å²) in [5.41, 5.74) is 5.35. The number of hydrogen-bond donors (Lipinski definition) is 2. The van der Waals surface area contributed by atoms with Gasteiger partial charge in [-0.15, -0.1) is 5.10 Å². The average molecular weight is 252 g/mol. The summed E-state index contributed by atoms with van der Waals surface area (Å²) >= 11 is 0. The summed E-state index contributed by atoms with van der Waals surface area (Å²) in [6.45, 7) is 0.164. The third-order valence-corrected chi connectivity index (χ3v) is 1.96. The summed E-state index contributed by atoms with van der Waals surface area (Å²) in [7, 11) is 2.98. The number of hydrogen-bond acceptors (Lipinski definition) is 9. The Balaban J connectivity index is 2.22. The van der Waals surface area contributed by atoms with E-state index >= 15 is 0 Å². The number of anilines is 2. The Morgan fingerprint density at radius 2 is 1.89 bits per heavy atom. The van der Waals surface area contributed by atoms with Crippen LogP contribution in [0.2, 0.25) is 0 Å². The summed E-state index contributed by atoms with van der Waals surface area (Å²) in [5.74, 6) is 1.23. The van der Waals surface area contributed by atoms with Crippen LogP contribution in [-0.4, -0.2) is 34.4 Å². The van der Waals surface area contributed by atoms with E-state index in [0.717, 1.165) is 0 Å². The number of rotatable bonds is 5. The van der Waals surface area contributed by atoms with Crippen molar-refractivity contribution in [1.29, 1.82) is 0 Å². The minimum atomic E-state index is 0.144. The molecule has 0 bridgehead atoms. The molecule has 2 rings (SSSR count). The van der Waals surface area contributed by atoms with E-state index in [4.69, 9.17) is 19.6 Å². The Morgan fingerprint density at radius 3 is 2.39 bits per heavy atom. The molecule has 0 spiro atoms. The summed E-state index contributed by atoms with van der Waals surface area (Å²) < 4.78 is 15.2. The molecule has 2 aromatic rings. The van der Waals surface area contributed by atoms with Crippen molar-refractivity contribution in [1.82, 2.24) is 20.2 Å². The van der Waals surface area contributed by atoms with Gasteiger partial charge in [0.15, 0.2) is 0 Å². The van der Waals surface area contributed by atoms with Gasteiger partial charge < -0.3 is 19.6 Å². The maximum Gasteiger partial charge on any atom is 0.322 e. The molecule has 0 radical (unpaired) electrons. The highest BCUT2D eigenvalue weighted by Gasteiger charge is 2.09. The highest BCUT2D eigenvalue weighted by atomic mass is 16.5. The van der Waals surface area contributed by atoms with Crippen molar-refractivity contribution >= 4 is 12.0 Å². The molecule has 3 N–H and O–H groups in total. The summed E-state index contributed by atoms with van der Waals surface area (Å²) in [6.07, 6.45) is 0. The zero-order valence-corrected chi connectivity index (χ0v) is 9.88. The van der Waals surface area contributed by atoms with Gasteiger partial charge in [0.05, 0.1) is 26.8 Å². The topological polar surface area (TPSA) is 121 Å². The summed E-state index contributed by atoms with van der Waals surface area (Å²) in [5, 5.41) is 10.1. The predicted octanol–water partition coefficient (Wildman–Crippen LogP) is 0.0791. The molecule has 9 heteroatoms. The van der Waals surface area contributed by atoms with Crippen LogP contribution in [0.1, 0.15) is 5.89 Å². The molecular formula is C9H12N6O3. The van der Waals surface area contributed by atoms with E-state index in [2.05, 4.69) is 25.5 Å². The molecule has 9 nitrogen and oxygen atoms in total. The number of nitrogens with one attached hydrogen (secondary N) is 1. The molecule has 0 unspecified atom stereocenters. The average Bonchev–Trinajstić information content (AvgIpc) is 2.85. The first-order valence-electron chi connectivity index (χ1n) is 5.01. The molecule has 0 saturated carbocycles. The quantitative estimate of drug-likeness (QED) is 0.761. The third-order valence-electron chi connectivity index (χ3n) is 1.96. The number of methoxy groups -OCH3 is 2. The molecule has 0 atom stereocenters. The standard InChI is InChI=1S/C9H12N6O3/c1-16-5-3-6(17-2)12-8(11-5)13-9-15-14-7(4-10)18-9/h3H,4,10H2,1-2H3,(H,11,12,13,15). The molecule has 0 aliphatic heterocycles. The molecule has 0 fully saturated rings. The minimum Gasteiger partial charge on any atom is -0.481 e. The van der Waals surface area contributed by atoms with E-state index in [1.165, 1.54) is 14.2 Å². The summed E-state index contributed by atoms with van der Waals surface area (Å²) in [4.78, 5) is 8.09. The van der Waals surface area contributed by atoms with Crippen LogP contribution in [0.4, 0.5) is 12.0 Å². The normalized spacial score (nSPS) is 10.2. The third kappa shape index (κ3) is 2.63. The first kappa shape index (κ1) is 12.0. The first-order valence-corrected chi connectivity index (χ1v) is 5.01. The molecular weight excluding hydrogens is 240 g/mol. The van der Waals surface area contributed by atoms with Gasteiger partial charge in [0.2, 0.25) is 23.6 Å². The SMILES string of the molecule is COc1cc(OC)nc(Nc2nnc(CN)o2)n1. The van der Waals surface area contributed by atoms with Gasteiger partial charge in [0.1, 0.15) is 0 Å². The van der Waals surface area contributed by atoms with Crippen LogP contribution in [0, 0.1) is 0 Å². The molecule has 2 aromatic heterocycles. The van der Waals surface area contributed by atoms with E-state index in [1.54, 1.807) is 6.07 Å². The zero-order chi connectivity index (χ0) is 13.0. The van der Waals surface area contributed by atoms with Crippen LogP contribution in [0.25, 0.3) is 0 Å². The maximum absolute atomic E-state index is 5.35. The molecule has 18 heavy (non-hydrogen) atoms. The fourth-order valence-corrected chi connectivity index (χ4v) is 1.15. The molecule has 2 heterocycles. The van der Waals surface area contributed by atoms with Gasteiger partial charge in [0, 0.05) is 0 Å². The summed E-state index contributed by atoms with van der Waals surface area (Å²) in [6, 6.07) is 1.69. The Morgan fingerprint density at radius 1 is 1.22 bits per heavy atom. The lowest BCUT2D eigenvalue weighted by atomic mass is 10.6. The lowest BCUT2D eigenvalue weighted by Crippen LogP contribution is -2.01. The van der Waals surface area contributed by atoms with E-state index in [1.807, 2.05) is 0 Å². The number of nitrogens with zero attached hydrogens (tertiary/aromatic N) is 4. The minimum absolute atomic E-state index is 0.144. The Hall–Kier alpha value is -2.42. The van der Waals surface area contributed by atoms with Crippen molar-refractivity contribution < 1.29 is 13.9 Å². The molecule has 96 valence electrons. The fraction of sp³-hybridized carbons (Fsp3) is 0.333. The van der Waals surface area contributed by atoms with Gasteiger partial charge in [-0.3, -0.25) is 5.32 Å². The van der Waals surface area contributed by atoms with E-state index in [-0.39, 0.29) is 18.5 Å². The van der Waals surface area contributed by atoms with Gasteiger partial charge in [-0.1, -0.05) is 5.10 Å². The molecule has 0 saturated heterocycles. The monoisotopic (exact) mass is 252 g/mol. The molecule has 0 aliphatic carbocycles. The van der Waals surface area contributed by atoms with Crippen molar-refractivity contribution in [3.8, 4) is 11.8 Å². The molecule has 0 aliphatic rings. The van der Waals surface area contributed by atoms with Crippen molar-refractivity contribution in [3.05, 3.63) is 12.0 Å². The van der Waals surface area contributed by atoms with E-state index in [9.17, 15) is 0 Å². The van der Waals surface area contributed by atoms with Crippen LogP contribution in [0.3, 0.4) is 0 Å². The number of nitrogens with two attached hydrogens (primary N) is 1. The Labute approximate surface area is 102 Å². The van der Waals surface area contributed by atoms with Gasteiger partial charge in [0.25, 0.3) is 0 Å². The Bertz CT molecular complexity index is 507. The number of ether oxygens (including phenoxy) is 2. The van der Waals surface area contributed by atoms with Crippen LogP contribution < -0.4 is 20.5 Å².